The van der Waals surface area contributed by atoms with Crippen molar-refractivity contribution >= 4 is 5.91 Å². The summed E-state index contributed by atoms with van der Waals surface area (Å²) in [5, 5.41) is 2.77. The number of carbonyl (C=O) groups excluding carboxylic acids is 1. The van der Waals surface area contributed by atoms with Crippen molar-refractivity contribution in [1.82, 2.24) is 10.2 Å². The van der Waals surface area contributed by atoms with Crippen LogP contribution in [-0.4, -0.2) is 30.4 Å². The van der Waals surface area contributed by atoms with E-state index in [2.05, 4.69) is 5.32 Å². The van der Waals surface area contributed by atoms with Gasteiger partial charge in [-0.1, -0.05) is 12.1 Å². The maximum atomic E-state index is 12.6. The minimum absolute atomic E-state index is 0.0587. The van der Waals surface area contributed by atoms with Crippen molar-refractivity contribution in [3.05, 3.63) is 35.6 Å². The van der Waals surface area contributed by atoms with Gasteiger partial charge in [-0.3, -0.25) is 9.69 Å². The third-order valence-corrected chi connectivity index (χ3v) is 2.44. The summed E-state index contributed by atoms with van der Waals surface area (Å²) >= 11 is 0. The van der Waals surface area contributed by atoms with Crippen LogP contribution in [0, 0.1) is 5.82 Å². The molecule has 3 nitrogen and oxygen atoms in total. The molecule has 1 saturated heterocycles. The number of halogens is 1. The maximum absolute atomic E-state index is 12.6. The van der Waals surface area contributed by atoms with E-state index in [0.717, 1.165) is 12.1 Å². The van der Waals surface area contributed by atoms with Crippen LogP contribution in [0.1, 0.15) is 5.56 Å². The van der Waals surface area contributed by atoms with Crippen LogP contribution in [0.25, 0.3) is 0 Å². The van der Waals surface area contributed by atoms with Crippen molar-refractivity contribution < 1.29 is 9.18 Å². The van der Waals surface area contributed by atoms with Gasteiger partial charge in [0.2, 0.25) is 5.91 Å². The van der Waals surface area contributed by atoms with E-state index in [1.54, 1.807) is 12.1 Å². The van der Waals surface area contributed by atoms with Gasteiger partial charge in [-0.25, -0.2) is 4.39 Å². The highest BCUT2D eigenvalue weighted by molar-refractivity contribution is 5.78. The Kier molecular flexibility index (Phi) is 2.97. The van der Waals surface area contributed by atoms with Crippen LogP contribution in [0.4, 0.5) is 4.39 Å². The van der Waals surface area contributed by atoms with E-state index in [4.69, 9.17) is 0 Å². The van der Waals surface area contributed by atoms with Crippen molar-refractivity contribution in [2.24, 2.45) is 0 Å². The summed E-state index contributed by atoms with van der Waals surface area (Å²) in [6, 6.07) is 6.39. The summed E-state index contributed by atoms with van der Waals surface area (Å²) in [5.41, 5.74) is 1.03. The lowest BCUT2D eigenvalue weighted by molar-refractivity contribution is -0.124. The number of nitrogens with zero attached hydrogens (tertiary/aromatic N) is 1. The molecule has 15 heavy (non-hydrogen) atoms. The molecule has 4 heteroatoms. The summed E-state index contributed by atoms with van der Waals surface area (Å²) in [5.74, 6) is -0.168. The Morgan fingerprint density at radius 1 is 1.33 bits per heavy atom. The third-order valence-electron chi connectivity index (χ3n) is 2.44. The maximum Gasteiger partial charge on any atom is 0.234 e. The second-order valence-electron chi connectivity index (χ2n) is 3.69. The molecule has 0 saturated carbocycles. The van der Waals surface area contributed by atoms with Crippen LogP contribution in [0.3, 0.4) is 0 Å². The molecule has 80 valence electrons. The number of piperazine rings is 1. The van der Waals surface area contributed by atoms with Gasteiger partial charge in [0.15, 0.2) is 0 Å². The van der Waals surface area contributed by atoms with Gasteiger partial charge in [-0.05, 0) is 17.7 Å². The highest BCUT2D eigenvalue weighted by Crippen LogP contribution is 2.07. The molecule has 0 atom stereocenters. The number of nitrogens with one attached hydrogen (secondary N) is 1. The summed E-state index contributed by atoms with van der Waals surface area (Å²) in [4.78, 5) is 13.2. The third kappa shape index (κ3) is 2.76. The Balaban J connectivity index is 1.96. The largest absolute Gasteiger partial charge is 0.354 e. The molecule has 1 fully saturated rings. The summed E-state index contributed by atoms with van der Waals surface area (Å²) in [6.45, 7) is 2.67. The molecule has 2 rings (SSSR count). The second-order valence-corrected chi connectivity index (χ2v) is 3.69. The normalized spacial score (nSPS) is 17.5. The molecule has 0 unspecified atom stereocenters. The number of hydrogen-bond donors (Lipinski definition) is 1. The van der Waals surface area contributed by atoms with Crippen molar-refractivity contribution in [2.45, 2.75) is 6.54 Å². The van der Waals surface area contributed by atoms with E-state index in [0.29, 0.717) is 19.6 Å². The quantitative estimate of drug-likeness (QED) is 0.778. The first-order chi connectivity index (χ1) is 7.24. The lowest BCUT2D eigenvalue weighted by Crippen LogP contribution is -2.47. The molecular formula is C11H13FN2O. The van der Waals surface area contributed by atoms with E-state index in [1.807, 2.05) is 4.90 Å². The molecule has 1 aliphatic heterocycles. The molecule has 1 amide bonds. The Hall–Kier alpha value is -1.42. The number of rotatable bonds is 2. The number of hydrogen-bond acceptors (Lipinski definition) is 2. The Bertz CT molecular complexity index is 350. The molecule has 0 aromatic heterocycles. The molecule has 0 bridgehead atoms. The smallest absolute Gasteiger partial charge is 0.234 e. The van der Waals surface area contributed by atoms with Gasteiger partial charge in [-0.15, -0.1) is 0 Å². The Morgan fingerprint density at radius 2 is 2.07 bits per heavy atom. The number of benzene rings is 1. The lowest BCUT2D eigenvalue weighted by Gasteiger charge is -2.26. The summed E-state index contributed by atoms with van der Waals surface area (Å²) in [7, 11) is 0. The van der Waals surface area contributed by atoms with Crippen molar-refractivity contribution in [1.29, 1.82) is 0 Å². The van der Waals surface area contributed by atoms with E-state index in [9.17, 15) is 9.18 Å². The molecule has 1 aliphatic rings. The van der Waals surface area contributed by atoms with E-state index >= 15 is 0 Å². The molecule has 0 spiro atoms. The highest BCUT2D eigenvalue weighted by atomic mass is 19.1. The van der Waals surface area contributed by atoms with Gasteiger partial charge >= 0.3 is 0 Å². The van der Waals surface area contributed by atoms with Gasteiger partial charge in [-0.2, -0.15) is 0 Å². The molecular weight excluding hydrogens is 195 g/mol. The van der Waals surface area contributed by atoms with Gasteiger partial charge in [0, 0.05) is 19.6 Å². The zero-order chi connectivity index (χ0) is 10.7. The predicted octanol–water partition coefficient (Wildman–Crippen LogP) is 0.758. The molecule has 1 N–H and O–H groups in total. The van der Waals surface area contributed by atoms with E-state index in [1.165, 1.54) is 12.1 Å². The first kappa shape index (κ1) is 10.1. The van der Waals surface area contributed by atoms with Crippen LogP contribution >= 0.6 is 0 Å². The van der Waals surface area contributed by atoms with Crippen molar-refractivity contribution in [3.63, 3.8) is 0 Å². The topological polar surface area (TPSA) is 32.3 Å². The molecule has 1 heterocycles. The fourth-order valence-corrected chi connectivity index (χ4v) is 1.67. The first-order valence-corrected chi connectivity index (χ1v) is 4.97. The van der Waals surface area contributed by atoms with Gasteiger partial charge in [0.25, 0.3) is 0 Å². The monoisotopic (exact) mass is 208 g/mol. The Morgan fingerprint density at radius 3 is 2.73 bits per heavy atom. The Labute approximate surface area is 87.9 Å². The van der Waals surface area contributed by atoms with Gasteiger partial charge < -0.3 is 5.32 Å². The summed E-state index contributed by atoms with van der Waals surface area (Å²) < 4.78 is 12.6. The fourth-order valence-electron chi connectivity index (χ4n) is 1.67. The molecule has 0 radical (unpaired) electrons. The van der Waals surface area contributed by atoms with Crippen molar-refractivity contribution in [3.8, 4) is 0 Å². The average molecular weight is 208 g/mol. The van der Waals surface area contributed by atoms with E-state index < -0.39 is 0 Å². The highest BCUT2D eigenvalue weighted by Gasteiger charge is 2.15. The van der Waals surface area contributed by atoms with Crippen LogP contribution in [0.2, 0.25) is 0 Å². The summed E-state index contributed by atoms with van der Waals surface area (Å²) in [6.07, 6.45) is 0. The van der Waals surface area contributed by atoms with Gasteiger partial charge in [0.1, 0.15) is 5.82 Å². The van der Waals surface area contributed by atoms with Crippen LogP contribution in [0.5, 0.6) is 0 Å². The number of carbonyl (C=O) groups is 1. The minimum atomic E-state index is -0.227. The minimum Gasteiger partial charge on any atom is -0.354 e. The molecule has 0 aliphatic carbocycles. The zero-order valence-electron chi connectivity index (χ0n) is 8.37. The first-order valence-electron chi connectivity index (χ1n) is 4.97. The van der Waals surface area contributed by atoms with E-state index in [-0.39, 0.29) is 11.7 Å². The average Bonchev–Trinajstić information content (AvgIpc) is 2.22. The van der Waals surface area contributed by atoms with Crippen LogP contribution in [-0.2, 0) is 11.3 Å². The molecule has 1 aromatic carbocycles. The SMILES string of the molecule is O=C1CN(Cc2ccc(F)cc2)CCN1. The van der Waals surface area contributed by atoms with Crippen molar-refractivity contribution in [2.75, 3.05) is 19.6 Å². The van der Waals surface area contributed by atoms with Crippen LogP contribution < -0.4 is 5.32 Å². The standard InChI is InChI=1S/C11H13FN2O/c12-10-3-1-9(2-4-10)7-14-6-5-13-11(15)8-14/h1-4H,5-8H2,(H,13,15). The fraction of sp³-hybridized carbons (Fsp3) is 0.364. The van der Waals surface area contributed by atoms with Crippen LogP contribution in [0.15, 0.2) is 24.3 Å². The predicted molar refractivity (Wildman–Crippen MR) is 54.7 cm³/mol. The molecule has 1 aromatic rings. The second kappa shape index (κ2) is 4.40. The van der Waals surface area contributed by atoms with Gasteiger partial charge in [0.05, 0.1) is 6.54 Å². The zero-order valence-corrected chi connectivity index (χ0v) is 8.37. The number of amides is 1. The lowest BCUT2D eigenvalue weighted by atomic mass is 10.2.